The van der Waals surface area contributed by atoms with Crippen molar-refractivity contribution in [3.05, 3.63) is 243 Å². The number of nitrogens with one attached hydrogen (secondary N) is 2. The van der Waals surface area contributed by atoms with Gasteiger partial charge in [0.25, 0.3) is 5.91 Å². The van der Waals surface area contributed by atoms with Gasteiger partial charge in [0.15, 0.2) is 0 Å². The number of nitrogens with two attached hydrogens (primary N) is 1. The smallest absolute Gasteiger partial charge is 0.348 e. The highest BCUT2D eigenvalue weighted by Gasteiger charge is 2.33. The Kier molecular flexibility index (Phi) is 35.4. The van der Waals surface area contributed by atoms with E-state index in [0.717, 1.165) is 51.8 Å². The van der Waals surface area contributed by atoms with Crippen LogP contribution in [0.15, 0.2) is 121 Å². The quantitative estimate of drug-likeness (QED) is 0.0311. The Balaban J connectivity index is 0.000000237. The molecular weight excluding hydrogens is 1810 g/mol. The third kappa shape index (κ3) is 27.5. The van der Waals surface area contributed by atoms with E-state index in [1.54, 1.807) is 58.7 Å². The number of aromatic carboxylic acids is 1. The van der Waals surface area contributed by atoms with Crippen LogP contribution in [0.5, 0.6) is 0 Å². The lowest BCUT2D eigenvalue weighted by molar-refractivity contribution is 0.0596. The second-order valence-electron chi connectivity index (χ2n) is 30.2. The van der Waals surface area contributed by atoms with Gasteiger partial charge in [-0.25, -0.2) is 36.7 Å². The van der Waals surface area contributed by atoms with E-state index >= 15 is 0 Å². The summed E-state index contributed by atoms with van der Waals surface area (Å²) in [6.45, 7) is 36.4. The van der Waals surface area contributed by atoms with Crippen molar-refractivity contribution in [3.63, 3.8) is 0 Å². The monoisotopic (exact) mass is 1900 g/mol. The Morgan fingerprint density at radius 1 is 0.454 bits per heavy atom. The largest absolute Gasteiger partial charge is 0.477 e. The Hall–Kier alpha value is -5.27. The van der Waals surface area contributed by atoms with Crippen molar-refractivity contribution >= 4 is 166 Å². The molecule has 108 heavy (non-hydrogen) atoms. The van der Waals surface area contributed by atoms with E-state index in [9.17, 15) is 46.6 Å². The number of carboxylic acid groups (broad SMARTS) is 1. The van der Waals surface area contributed by atoms with Gasteiger partial charge in [-0.05, 0) is 141 Å². The normalized spacial score (nSPS) is 12.0. The van der Waals surface area contributed by atoms with Gasteiger partial charge in [-0.3, -0.25) is 4.79 Å². The number of amides is 1. The number of hydrogen-bond donors (Lipinski definition) is 4. The molecule has 5 aromatic heterocycles. The van der Waals surface area contributed by atoms with Gasteiger partial charge in [0.1, 0.15) is 42.8 Å². The van der Waals surface area contributed by atoms with Crippen molar-refractivity contribution in [2.75, 3.05) is 21.3 Å². The fraction of sp³-hybridized carbons (Fsp3) is 0.395. The van der Waals surface area contributed by atoms with Gasteiger partial charge in [0.2, 0.25) is 0 Å². The minimum Gasteiger partial charge on any atom is -0.477 e. The number of rotatable bonds is 16. The number of aryl methyl sites for hydroxylation is 1. The van der Waals surface area contributed by atoms with Crippen molar-refractivity contribution in [1.82, 2.24) is 15.5 Å². The molecule has 13 nitrogen and oxygen atoms in total. The van der Waals surface area contributed by atoms with E-state index in [0.29, 0.717) is 94.9 Å². The number of benzene rings is 4. The Morgan fingerprint density at radius 2 is 0.769 bits per heavy atom. The molecule has 1 aliphatic heterocycles. The first-order chi connectivity index (χ1) is 50.1. The minimum atomic E-state index is -0.919. The summed E-state index contributed by atoms with van der Waals surface area (Å²) in [4.78, 5) is 69.5. The summed E-state index contributed by atoms with van der Waals surface area (Å²) in [7, 11) is 4.21. The Bertz CT molecular complexity index is 4590. The number of fused-ring (bicyclic) bond motifs is 1. The maximum Gasteiger partial charge on any atom is 0.348 e. The zero-order valence-electron chi connectivity index (χ0n) is 64.2. The summed E-state index contributed by atoms with van der Waals surface area (Å²) in [6, 6.07) is 29.9. The summed E-state index contributed by atoms with van der Waals surface area (Å²) in [6.07, 6.45) is 0. The number of esters is 3. The molecule has 0 atom stereocenters. The summed E-state index contributed by atoms with van der Waals surface area (Å²) < 4.78 is 71.5. The molecule has 0 radical (unpaired) electrons. The molecule has 10 rings (SSSR count). The van der Waals surface area contributed by atoms with Gasteiger partial charge in [0.05, 0.1) is 26.2 Å². The van der Waals surface area contributed by atoms with Gasteiger partial charge in [-0.1, -0.05) is 208 Å². The van der Waals surface area contributed by atoms with Crippen molar-refractivity contribution in [2.24, 2.45) is 5.73 Å². The molecule has 0 bridgehead atoms. The van der Waals surface area contributed by atoms with Crippen LogP contribution < -0.4 is 16.4 Å². The number of thiophene rings is 5. The molecule has 0 unspecified atom stereocenters. The number of alkyl halides is 1. The highest BCUT2D eigenvalue weighted by atomic mass is 79.9. The molecule has 6 heterocycles. The van der Waals surface area contributed by atoms with Gasteiger partial charge in [0, 0.05) is 116 Å². The lowest BCUT2D eigenvalue weighted by Gasteiger charge is -2.18. The zero-order chi connectivity index (χ0) is 81.3. The number of carbonyl (C=O) groups excluding carboxylic acids is 4. The van der Waals surface area contributed by atoms with Crippen LogP contribution in [-0.4, -0.2) is 61.1 Å². The summed E-state index contributed by atoms with van der Waals surface area (Å²) in [5.74, 6) is -2.80. The Morgan fingerprint density at radius 3 is 1.11 bits per heavy atom. The molecule has 27 heteroatoms. The topological polar surface area (TPSA) is 187 Å². The number of hydrogen-bond acceptors (Lipinski definition) is 16. The van der Waals surface area contributed by atoms with Crippen LogP contribution in [0.1, 0.15) is 227 Å². The van der Waals surface area contributed by atoms with E-state index in [2.05, 4.69) is 212 Å². The summed E-state index contributed by atoms with van der Waals surface area (Å²) in [5.41, 5.74) is 12.3. The maximum atomic E-state index is 13.9. The molecule has 0 saturated heterocycles. The maximum absolute atomic E-state index is 13.9. The lowest BCUT2D eigenvalue weighted by Crippen LogP contribution is -2.24. The van der Waals surface area contributed by atoms with E-state index in [4.69, 9.17) is 19.9 Å². The van der Waals surface area contributed by atoms with Crippen molar-refractivity contribution in [3.8, 4) is 0 Å². The number of halogens is 9. The molecule has 9 aromatic rings. The van der Waals surface area contributed by atoms with Crippen molar-refractivity contribution in [2.45, 2.75) is 189 Å². The molecule has 4 aromatic carbocycles. The second-order valence-corrected chi connectivity index (χ2v) is 39.6. The van der Waals surface area contributed by atoms with Gasteiger partial charge in [-0.15, -0.1) is 56.7 Å². The van der Waals surface area contributed by atoms with Crippen LogP contribution in [0.4, 0.5) is 17.6 Å². The van der Waals surface area contributed by atoms with E-state index in [1.165, 1.54) is 106 Å². The molecule has 1 amide bonds. The average molecular weight is 1900 g/mol. The van der Waals surface area contributed by atoms with E-state index < -0.39 is 5.97 Å². The van der Waals surface area contributed by atoms with Crippen LogP contribution in [0, 0.1) is 30.2 Å². The fourth-order valence-corrected chi connectivity index (χ4v) is 17.5. The molecular formula is C81H95Br5F4N4O9S5. The predicted molar refractivity (Wildman–Crippen MR) is 452 cm³/mol. The third-order valence-corrected chi connectivity index (χ3v) is 26.6. The predicted octanol–water partition coefficient (Wildman–Crippen LogP) is 24.0. The van der Waals surface area contributed by atoms with Crippen molar-refractivity contribution in [1.29, 1.82) is 0 Å². The fourth-order valence-electron chi connectivity index (χ4n) is 9.80. The highest BCUT2D eigenvalue weighted by Crippen LogP contribution is 2.40. The molecule has 5 N–H and O–H groups in total. The van der Waals surface area contributed by atoms with E-state index in [1.807, 2.05) is 25.1 Å². The van der Waals surface area contributed by atoms with Crippen LogP contribution in [-0.2, 0) is 92.4 Å². The van der Waals surface area contributed by atoms with Gasteiger partial charge in [-0.2, -0.15) is 0 Å². The van der Waals surface area contributed by atoms with Crippen LogP contribution in [0.3, 0.4) is 0 Å². The van der Waals surface area contributed by atoms with E-state index in [-0.39, 0.29) is 80.7 Å². The van der Waals surface area contributed by atoms with Crippen LogP contribution in [0.25, 0.3) is 0 Å². The van der Waals surface area contributed by atoms with Gasteiger partial charge < -0.3 is 40.6 Å². The standard InChI is InChI=1S/C18H21BrFNO2S.C17H19BrFNO2S.C17H17BrFNOS.C11H15BrO2S.C11H16O2S.C7H7BrFN/c1-18(2,3)15-7-12(16(24-15)17(22)23-4)10-21-9-11-5-6-13(19)8-14(11)20;1-17(2,3)14-6-11(15(23-14)16(21)22)9-20-8-10-4-5-12(18)7-13(10)19;1-17(2,3)14-6-11-9-20(16(21)15(11)22-14)8-10-4-5-12(18)7-13(10)19;1-11(2,3)8-5-7(6-12)9(15-8)10(13)14-4;1-7-6-8(11(2,3)4)14-9(7)10(12)13-5;8-6-2-1-5(4-10)7(9)3-6/h5-8,21H,9-10H2,1-4H3;4-7,20H,8-9H2,1-3H3,(H,21,22);4-7H,8-9H2,1-3H3;5H,6H2,1-4H3;6H,1-5H3;1-3H,4,10H2. The molecule has 1 aliphatic rings. The highest BCUT2D eigenvalue weighted by molar-refractivity contribution is 9.11. The SMILES string of the molecule is CC(C)(C)c1cc(CNCc2ccc(Br)cc2F)c(C(=O)O)s1.CC(C)(C)c1cc2c(s1)C(=O)N(Cc1ccc(Br)cc1F)C2.COC(=O)c1sc(C(C)(C)C)cc1C.COC(=O)c1sc(C(C)(C)C)cc1CBr.COC(=O)c1sc(C(C)(C)C)cc1CNCc1ccc(Br)cc1F.NCc1ccc(Br)cc1F. The zero-order valence-corrected chi connectivity index (χ0v) is 76.2. The van der Waals surface area contributed by atoms with Crippen LogP contribution >= 0.6 is 136 Å². The minimum absolute atomic E-state index is 0.0119. The number of ether oxygens (including phenoxy) is 3. The molecule has 0 spiro atoms. The summed E-state index contributed by atoms with van der Waals surface area (Å²) >= 11 is 23.6. The van der Waals surface area contributed by atoms with Crippen molar-refractivity contribution < 1.29 is 60.9 Å². The average Bonchev–Trinajstić information content (AvgIpc) is 1.63. The molecule has 0 aliphatic carbocycles. The molecule has 0 saturated carbocycles. The first-order valence-electron chi connectivity index (χ1n) is 34.0. The molecule has 0 fully saturated rings. The number of methoxy groups -OCH3 is 3. The first kappa shape index (κ1) is 93.3. The number of carboxylic acids is 1. The lowest BCUT2D eigenvalue weighted by atomic mass is 9.94. The number of carbonyl (C=O) groups is 5. The first-order valence-corrected chi connectivity index (χ1v) is 42.4. The third-order valence-electron chi connectivity index (χ3n) is 16.0. The second kappa shape index (κ2) is 41.0. The summed E-state index contributed by atoms with van der Waals surface area (Å²) in [5, 5.41) is 16.4. The number of nitrogens with zero attached hydrogens (tertiary/aromatic N) is 1. The Labute approximate surface area is 695 Å². The molecule has 586 valence electrons. The van der Waals surface area contributed by atoms with Crippen LogP contribution in [0.2, 0.25) is 0 Å². The van der Waals surface area contributed by atoms with Gasteiger partial charge >= 0.3 is 23.9 Å².